The summed E-state index contributed by atoms with van der Waals surface area (Å²) < 4.78 is 1.91. The second kappa shape index (κ2) is 4.79. The van der Waals surface area contributed by atoms with E-state index in [1.165, 1.54) is 31.2 Å². The summed E-state index contributed by atoms with van der Waals surface area (Å²) in [5, 5.41) is 7.82. The van der Waals surface area contributed by atoms with Crippen molar-refractivity contribution in [3.8, 4) is 0 Å². The number of hydrogen-bond acceptors (Lipinski definition) is 2. The van der Waals surface area contributed by atoms with Gasteiger partial charge in [-0.1, -0.05) is 13.3 Å². The van der Waals surface area contributed by atoms with E-state index in [1.807, 2.05) is 17.9 Å². The molecular weight excluding hydrogens is 186 g/mol. The first-order valence-electron chi connectivity index (χ1n) is 6.01. The predicted octanol–water partition coefficient (Wildman–Crippen LogP) is 2.06. The lowest BCUT2D eigenvalue weighted by molar-refractivity contribution is 0.344. The van der Waals surface area contributed by atoms with E-state index in [9.17, 15) is 0 Å². The normalized spacial score (nSPS) is 26.8. The van der Waals surface area contributed by atoms with Gasteiger partial charge < -0.3 is 5.32 Å². The number of aromatic nitrogens is 2. The summed E-state index contributed by atoms with van der Waals surface area (Å²) in [7, 11) is 1.99. The van der Waals surface area contributed by atoms with Gasteiger partial charge in [0.15, 0.2) is 0 Å². The maximum atomic E-state index is 4.26. The third-order valence-corrected chi connectivity index (χ3v) is 3.36. The highest BCUT2D eigenvalue weighted by atomic mass is 15.2. The van der Waals surface area contributed by atoms with Crippen LogP contribution in [-0.4, -0.2) is 22.4 Å². The summed E-state index contributed by atoms with van der Waals surface area (Å²) >= 11 is 0. The molecule has 2 rings (SSSR count). The van der Waals surface area contributed by atoms with Crippen molar-refractivity contribution in [2.24, 2.45) is 7.05 Å². The molecule has 15 heavy (non-hydrogen) atoms. The van der Waals surface area contributed by atoms with Crippen LogP contribution in [-0.2, 0) is 7.05 Å². The van der Waals surface area contributed by atoms with Gasteiger partial charge >= 0.3 is 0 Å². The third kappa shape index (κ3) is 2.59. The van der Waals surface area contributed by atoms with Gasteiger partial charge in [0.1, 0.15) is 0 Å². The summed E-state index contributed by atoms with van der Waals surface area (Å²) in [5.74, 6) is 0.719. The lowest BCUT2D eigenvalue weighted by Crippen LogP contribution is -2.33. The fourth-order valence-corrected chi connectivity index (χ4v) is 2.62. The molecule has 84 valence electrons. The molecule has 0 radical (unpaired) electrons. The molecule has 0 bridgehead atoms. The van der Waals surface area contributed by atoms with Crippen LogP contribution >= 0.6 is 0 Å². The average molecular weight is 207 g/mol. The number of hydrogen-bond donors (Lipinski definition) is 1. The summed E-state index contributed by atoms with van der Waals surface area (Å²) in [6.07, 6.45) is 9.48. The molecule has 1 fully saturated rings. The first kappa shape index (κ1) is 10.7. The highest BCUT2D eigenvalue weighted by Gasteiger charge is 2.23. The van der Waals surface area contributed by atoms with Gasteiger partial charge in [0.2, 0.25) is 0 Å². The summed E-state index contributed by atoms with van der Waals surface area (Å²) in [5.41, 5.74) is 1.42. The Balaban J connectivity index is 1.98. The van der Waals surface area contributed by atoms with Crippen LogP contribution in [0, 0.1) is 0 Å². The van der Waals surface area contributed by atoms with E-state index >= 15 is 0 Å². The Hall–Kier alpha value is -0.830. The zero-order chi connectivity index (χ0) is 10.7. The van der Waals surface area contributed by atoms with E-state index in [0.29, 0.717) is 6.04 Å². The molecule has 1 aliphatic rings. The van der Waals surface area contributed by atoms with Crippen LogP contribution < -0.4 is 5.32 Å². The minimum Gasteiger partial charge on any atom is -0.314 e. The molecule has 0 amide bonds. The molecule has 3 heteroatoms. The molecule has 0 aromatic carbocycles. The minimum absolute atomic E-state index is 0.717. The molecule has 2 unspecified atom stereocenters. The molecule has 1 N–H and O–H groups in total. The molecule has 3 nitrogen and oxygen atoms in total. The predicted molar refractivity (Wildman–Crippen MR) is 61.9 cm³/mol. The van der Waals surface area contributed by atoms with Gasteiger partial charge in [-0.25, -0.2) is 0 Å². The van der Waals surface area contributed by atoms with Crippen LogP contribution in [0.15, 0.2) is 12.4 Å². The first-order chi connectivity index (χ1) is 7.29. The van der Waals surface area contributed by atoms with Crippen molar-refractivity contribution in [1.82, 2.24) is 15.1 Å². The van der Waals surface area contributed by atoms with Crippen molar-refractivity contribution in [2.45, 2.75) is 44.6 Å². The Bertz CT molecular complexity index is 304. The Morgan fingerprint density at radius 3 is 3.07 bits per heavy atom. The highest BCUT2D eigenvalue weighted by molar-refractivity contribution is 5.12. The van der Waals surface area contributed by atoms with Gasteiger partial charge in [0, 0.05) is 19.3 Å². The van der Waals surface area contributed by atoms with Crippen molar-refractivity contribution < 1.29 is 0 Å². The van der Waals surface area contributed by atoms with Crippen molar-refractivity contribution >= 4 is 0 Å². The molecule has 1 saturated carbocycles. The second-order valence-electron chi connectivity index (χ2n) is 4.57. The fourth-order valence-electron chi connectivity index (χ4n) is 2.62. The van der Waals surface area contributed by atoms with Gasteiger partial charge in [-0.05, 0) is 37.3 Å². The third-order valence-electron chi connectivity index (χ3n) is 3.36. The quantitative estimate of drug-likeness (QED) is 0.822. The lowest BCUT2D eigenvalue weighted by atomic mass is 9.82. The monoisotopic (exact) mass is 207 g/mol. The number of nitrogens with zero attached hydrogens (tertiary/aromatic N) is 2. The van der Waals surface area contributed by atoms with Crippen molar-refractivity contribution in [1.29, 1.82) is 0 Å². The zero-order valence-corrected chi connectivity index (χ0v) is 9.74. The Kier molecular flexibility index (Phi) is 3.41. The van der Waals surface area contributed by atoms with Gasteiger partial charge in [-0.3, -0.25) is 4.68 Å². The van der Waals surface area contributed by atoms with E-state index in [2.05, 4.69) is 23.5 Å². The smallest absolute Gasteiger partial charge is 0.0524 e. The lowest BCUT2D eigenvalue weighted by Gasteiger charge is -2.29. The Morgan fingerprint density at radius 2 is 2.40 bits per heavy atom. The van der Waals surface area contributed by atoms with Gasteiger partial charge in [0.05, 0.1) is 6.20 Å². The molecule has 2 atom stereocenters. The van der Waals surface area contributed by atoms with Crippen LogP contribution in [0.3, 0.4) is 0 Å². The minimum atomic E-state index is 0.717. The van der Waals surface area contributed by atoms with Crippen LogP contribution in [0.2, 0.25) is 0 Å². The summed E-state index contributed by atoms with van der Waals surface area (Å²) in [6, 6.07) is 0.717. The van der Waals surface area contributed by atoms with Crippen LogP contribution in [0.25, 0.3) is 0 Å². The van der Waals surface area contributed by atoms with E-state index < -0.39 is 0 Å². The molecule has 1 heterocycles. The average Bonchev–Trinajstić information content (AvgIpc) is 2.66. The van der Waals surface area contributed by atoms with Gasteiger partial charge in [-0.2, -0.15) is 5.10 Å². The maximum Gasteiger partial charge on any atom is 0.0524 e. The Morgan fingerprint density at radius 1 is 1.53 bits per heavy atom. The summed E-state index contributed by atoms with van der Waals surface area (Å²) in [4.78, 5) is 0. The SMILES string of the molecule is CCNC1CCCC(c2cnn(C)c2)C1. The van der Waals surface area contributed by atoms with E-state index in [-0.39, 0.29) is 0 Å². The first-order valence-corrected chi connectivity index (χ1v) is 6.01. The number of nitrogens with one attached hydrogen (secondary N) is 1. The number of rotatable bonds is 3. The molecule has 1 aliphatic carbocycles. The second-order valence-corrected chi connectivity index (χ2v) is 4.57. The van der Waals surface area contributed by atoms with Gasteiger partial charge in [0.25, 0.3) is 0 Å². The Labute approximate surface area is 91.9 Å². The van der Waals surface area contributed by atoms with Crippen LogP contribution in [0.5, 0.6) is 0 Å². The summed E-state index contributed by atoms with van der Waals surface area (Å²) in [6.45, 7) is 3.28. The van der Waals surface area contributed by atoms with E-state index in [4.69, 9.17) is 0 Å². The number of aryl methyl sites for hydroxylation is 1. The van der Waals surface area contributed by atoms with E-state index in [0.717, 1.165) is 12.5 Å². The molecule has 0 spiro atoms. The van der Waals surface area contributed by atoms with Crippen LogP contribution in [0.1, 0.15) is 44.1 Å². The zero-order valence-electron chi connectivity index (χ0n) is 9.74. The van der Waals surface area contributed by atoms with Crippen LogP contribution in [0.4, 0.5) is 0 Å². The maximum absolute atomic E-state index is 4.26. The van der Waals surface area contributed by atoms with Gasteiger partial charge in [-0.15, -0.1) is 0 Å². The molecule has 0 aliphatic heterocycles. The standard InChI is InChI=1S/C12H21N3/c1-3-13-12-6-4-5-10(7-12)11-8-14-15(2)9-11/h8-10,12-13H,3-7H2,1-2H3. The highest BCUT2D eigenvalue weighted by Crippen LogP contribution is 2.32. The molecule has 0 saturated heterocycles. The van der Waals surface area contributed by atoms with E-state index in [1.54, 1.807) is 0 Å². The molecule has 1 aromatic heterocycles. The largest absolute Gasteiger partial charge is 0.314 e. The molecular formula is C12H21N3. The fraction of sp³-hybridized carbons (Fsp3) is 0.750. The van der Waals surface area contributed by atoms with Crippen molar-refractivity contribution in [3.05, 3.63) is 18.0 Å². The topological polar surface area (TPSA) is 29.9 Å². The van der Waals surface area contributed by atoms with Crippen molar-refractivity contribution in [2.75, 3.05) is 6.54 Å². The van der Waals surface area contributed by atoms with Crippen molar-refractivity contribution in [3.63, 3.8) is 0 Å². The molecule has 1 aromatic rings.